The van der Waals surface area contributed by atoms with Crippen molar-refractivity contribution in [2.45, 2.75) is 211 Å². The summed E-state index contributed by atoms with van der Waals surface area (Å²) < 4.78 is 86.4. The molecule has 18 nitrogen and oxygen atoms in total. The Bertz CT molecular complexity index is 2710. The number of esters is 5. The fourth-order valence-corrected chi connectivity index (χ4v) is 12.1. The van der Waals surface area contributed by atoms with Crippen LogP contribution in [0.2, 0.25) is 0 Å². The molecule has 0 amide bonds. The van der Waals surface area contributed by atoms with E-state index in [1.165, 1.54) is 7.11 Å². The molecule has 480 valence electrons. The van der Waals surface area contributed by atoms with Gasteiger partial charge < -0.3 is 61.6 Å². The molecule has 4 aromatic rings. The van der Waals surface area contributed by atoms with Gasteiger partial charge in [0.1, 0.15) is 43.7 Å². The molecule has 2 aliphatic heterocycles. The van der Waals surface area contributed by atoms with Gasteiger partial charge in [-0.3, -0.25) is 4.79 Å². The lowest BCUT2D eigenvalue weighted by Gasteiger charge is -2.50. The molecule has 0 N–H and O–H groups in total. The van der Waals surface area contributed by atoms with Gasteiger partial charge in [0, 0.05) is 19.8 Å². The van der Waals surface area contributed by atoms with Crippen molar-refractivity contribution in [1.82, 2.24) is 0 Å². The van der Waals surface area contributed by atoms with Crippen molar-refractivity contribution < 1.29 is 85.6 Å². The Hall–Kier alpha value is -6.09. The summed E-state index contributed by atoms with van der Waals surface area (Å²) in [5, 5.41) is 0. The molecule has 0 spiro atoms. The molecular formula is C70H92O18. The molecule has 88 heavy (non-hydrogen) atoms. The number of unbranched alkanes of at least 4 members (excludes halogenated alkanes) is 3. The highest BCUT2D eigenvalue weighted by Gasteiger charge is 2.57. The summed E-state index contributed by atoms with van der Waals surface area (Å²) in [5.41, 5.74) is 1.29. The van der Waals surface area contributed by atoms with Crippen LogP contribution in [0, 0.1) is 17.8 Å². The van der Waals surface area contributed by atoms with E-state index < -0.39 is 128 Å². The topological polar surface area (TPSA) is 205 Å². The first-order valence-electron chi connectivity index (χ1n) is 32.0. The van der Waals surface area contributed by atoms with Gasteiger partial charge in [-0.25, -0.2) is 19.2 Å². The van der Waals surface area contributed by atoms with Gasteiger partial charge in [0.05, 0.1) is 48.0 Å². The van der Waals surface area contributed by atoms with Crippen molar-refractivity contribution in [2.75, 3.05) is 33.5 Å². The van der Waals surface area contributed by atoms with E-state index in [-0.39, 0.29) is 42.1 Å². The van der Waals surface area contributed by atoms with E-state index in [9.17, 15) is 24.0 Å². The second-order valence-corrected chi connectivity index (χ2v) is 23.6. The summed E-state index contributed by atoms with van der Waals surface area (Å²) in [6.07, 6.45) is -4.41. The first-order valence-corrected chi connectivity index (χ1v) is 32.0. The molecule has 6 unspecified atom stereocenters. The molecule has 0 bridgehead atoms. The first-order chi connectivity index (χ1) is 42.9. The molecular weight excluding hydrogens is 1130 g/mol. The predicted octanol–water partition coefficient (Wildman–Crippen LogP) is 11.8. The van der Waals surface area contributed by atoms with E-state index in [0.717, 1.165) is 76.2 Å². The smallest absolute Gasteiger partial charge is 0.338 e. The molecule has 15 atom stereocenters. The lowest BCUT2D eigenvalue weighted by atomic mass is 9.78. The third-order valence-electron chi connectivity index (χ3n) is 17.0. The predicted molar refractivity (Wildman–Crippen MR) is 325 cm³/mol. The van der Waals surface area contributed by atoms with E-state index >= 15 is 0 Å². The number of ether oxygens (including phenoxy) is 13. The Labute approximate surface area is 519 Å². The zero-order valence-electron chi connectivity index (χ0n) is 52.1. The summed E-state index contributed by atoms with van der Waals surface area (Å²) in [5.74, 6) is -4.65. The second-order valence-electron chi connectivity index (χ2n) is 23.6. The largest absolute Gasteiger partial charge is 0.469 e. The molecule has 4 aliphatic rings. The van der Waals surface area contributed by atoms with Crippen molar-refractivity contribution in [2.24, 2.45) is 17.8 Å². The maximum Gasteiger partial charge on any atom is 0.338 e. The van der Waals surface area contributed by atoms with Crippen LogP contribution < -0.4 is 0 Å². The number of rotatable bonds is 31. The standard InChI is InChI=1S/C70H92O18/c1-7-10-38-77-58-47(5)82-69(62(79-40-12-9-3)60(58)78-39-11-8-2)88-57-46(4)41-53(64(71)76-6)43-54(57)84-70-63(87-67(74)52-36-26-17-27-37-52)61(83-55(42-48-28-18-13-19-29-48)68(75)80-44-49-30-20-14-21-31-49)59(86-66(73)51-34-24-16-25-35-51)56(85-70)45-81-65(72)50-32-22-15-23-33-50/h14-17,20-27,30-37,46-48,53-63,69-70H,7-13,18-19,28-29,38-45H2,1-6H3/t46-,47?,53?,54-,55+,56+,57?,58-,59+,60?,61?,62+,63?,69+,70-/m1/s1. The Morgan fingerprint density at radius 2 is 1.06 bits per heavy atom. The van der Waals surface area contributed by atoms with Crippen LogP contribution in [0.4, 0.5) is 0 Å². The maximum atomic E-state index is 14.9. The molecule has 8 rings (SSSR count). The minimum absolute atomic E-state index is 0.0193. The van der Waals surface area contributed by atoms with E-state index in [1.807, 2.05) is 44.2 Å². The van der Waals surface area contributed by atoms with Crippen LogP contribution >= 0.6 is 0 Å². The molecule has 2 saturated heterocycles. The molecule has 18 heteroatoms. The molecule has 2 aliphatic carbocycles. The van der Waals surface area contributed by atoms with Crippen molar-refractivity contribution in [1.29, 1.82) is 0 Å². The maximum absolute atomic E-state index is 14.9. The average molecular weight is 1220 g/mol. The highest BCUT2D eigenvalue weighted by molar-refractivity contribution is 5.90. The van der Waals surface area contributed by atoms with Gasteiger partial charge in [-0.2, -0.15) is 0 Å². The first kappa shape index (κ1) is 67.8. The van der Waals surface area contributed by atoms with Crippen LogP contribution in [0.25, 0.3) is 0 Å². The second kappa shape index (κ2) is 35.3. The van der Waals surface area contributed by atoms with Crippen LogP contribution in [0.1, 0.15) is 161 Å². The minimum Gasteiger partial charge on any atom is -0.469 e. The van der Waals surface area contributed by atoms with Gasteiger partial charge in [0.2, 0.25) is 0 Å². The third kappa shape index (κ3) is 19.2. The average Bonchev–Trinajstić information content (AvgIpc) is 1.43. The SMILES string of the molecule is CCCCOC1[C@H](OCCCC)C(C)O[C@@H](OC2[C@H](C)CC(C(=O)OC)C[C@H]2O[C@@H]2O[C@@H](COC(=O)c3ccccc3)[C@H](OC(=O)c3ccccc3)C(O[C@@H](CC3CCCCC3)C(=O)OCc3ccccc3)C2OC(=O)c2ccccc2)[C@H]1OCCCC. The molecule has 2 heterocycles. The summed E-state index contributed by atoms with van der Waals surface area (Å²) >= 11 is 0. The van der Waals surface area contributed by atoms with Crippen LogP contribution in [-0.2, 0) is 77.8 Å². The number of benzene rings is 4. The normalized spacial score (nSPS) is 27.8. The molecule has 4 fully saturated rings. The van der Waals surface area contributed by atoms with Crippen LogP contribution in [0.3, 0.4) is 0 Å². The lowest BCUT2D eigenvalue weighted by Crippen LogP contribution is -2.65. The minimum atomic E-state index is -1.68. The molecule has 2 saturated carbocycles. The Balaban J connectivity index is 1.25. The monoisotopic (exact) mass is 1220 g/mol. The van der Waals surface area contributed by atoms with Crippen molar-refractivity contribution in [3.8, 4) is 0 Å². The van der Waals surface area contributed by atoms with E-state index in [2.05, 4.69) is 20.8 Å². The van der Waals surface area contributed by atoms with Crippen LogP contribution in [-0.4, -0.2) is 143 Å². The highest BCUT2D eigenvalue weighted by atomic mass is 16.8. The Morgan fingerprint density at radius 3 is 1.62 bits per heavy atom. The number of hydrogen-bond acceptors (Lipinski definition) is 18. The zero-order valence-corrected chi connectivity index (χ0v) is 52.1. The van der Waals surface area contributed by atoms with Crippen LogP contribution in [0.15, 0.2) is 121 Å². The summed E-state index contributed by atoms with van der Waals surface area (Å²) in [4.78, 5) is 72.3. The van der Waals surface area contributed by atoms with E-state index in [0.29, 0.717) is 26.2 Å². The number of hydrogen-bond donors (Lipinski definition) is 0. The van der Waals surface area contributed by atoms with Crippen LogP contribution in [0.5, 0.6) is 0 Å². The lowest BCUT2D eigenvalue weighted by molar-refractivity contribution is -0.355. The fourth-order valence-electron chi connectivity index (χ4n) is 12.1. The van der Waals surface area contributed by atoms with E-state index in [4.69, 9.17) is 61.6 Å². The molecule has 4 aromatic carbocycles. The van der Waals surface area contributed by atoms with Crippen molar-refractivity contribution in [3.05, 3.63) is 144 Å². The summed E-state index contributed by atoms with van der Waals surface area (Å²) in [6.45, 7) is 10.9. The van der Waals surface area contributed by atoms with Crippen molar-refractivity contribution >= 4 is 29.8 Å². The van der Waals surface area contributed by atoms with Gasteiger partial charge in [-0.15, -0.1) is 0 Å². The number of carbonyl (C=O) groups is 5. The third-order valence-corrected chi connectivity index (χ3v) is 17.0. The zero-order chi connectivity index (χ0) is 62.2. The Morgan fingerprint density at radius 1 is 0.534 bits per heavy atom. The number of methoxy groups -OCH3 is 1. The summed E-state index contributed by atoms with van der Waals surface area (Å²) in [6, 6.07) is 34.2. The van der Waals surface area contributed by atoms with E-state index in [1.54, 1.807) is 91.0 Å². The summed E-state index contributed by atoms with van der Waals surface area (Å²) in [7, 11) is 1.33. The quantitative estimate of drug-likeness (QED) is 0.0261. The van der Waals surface area contributed by atoms with Gasteiger partial charge in [-0.05, 0) is 99.2 Å². The highest BCUT2D eigenvalue weighted by Crippen LogP contribution is 2.41. The Kier molecular flexibility index (Phi) is 27.2. The van der Waals surface area contributed by atoms with Gasteiger partial charge in [-0.1, -0.05) is 164 Å². The number of carbonyl (C=O) groups excluding carboxylic acids is 5. The van der Waals surface area contributed by atoms with Gasteiger partial charge >= 0.3 is 29.8 Å². The van der Waals surface area contributed by atoms with Gasteiger partial charge in [0.25, 0.3) is 0 Å². The van der Waals surface area contributed by atoms with Gasteiger partial charge in [0.15, 0.2) is 30.9 Å². The molecule has 0 aromatic heterocycles. The molecule has 0 radical (unpaired) electrons. The van der Waals surface area contributed by atoms with Crippen molar-refractivity contribution in [3.63, 3.8) is 0 Å². The fraction of sp³-hybridized carbons (Fsp3) is 0.586.